The number of anilines is 1. The van der Waals surface area contributed by atoms with E-state index >= 15 is 0 Å². The van der Waals surface area contributed by atoms with Crippen LogP contribution in [-0.4, -0.2) is 37.6 Å². The highest BCUT2D eigenvalue weighted by atomic mass is 15.3. The van der Waals surface area contributed by atoms with E-state index < -0.39 is 0 Å². The first-order valence-electron chi connectivity index (χ1n) is 6.54. The number of hydrogen-bond donors (Lipinski definition) is 2. The van der Waals surface area contributed by atoms with Gasteiger partial charge < -0.3 is 15.2 Å². The van der Waals surface area contributed by atoms with Crippen LogP contribution in [0.15, 0.2) is 12.4 Å². The summed E-state index contributed by atoms with van der Waals surface area (Å²) in [7, 11) is 1.96. The molecule has 0 amide bonds. The molecule has 1 aliphatic heterocycles. The van der Waals surface area contributed by atoms with Crippen molar-refractivity contribution in [3.05, 3.63) is 23.9 Å². The van der Waals surface area contributed by atoms with Crippen molar-refractivity contribution in [2.45, 2.75) is 20.0 Å². The molecule has 102 valence electrons. The lowest BCUT2D eigenvalue weighted by atomic mass is 10.1. The normalized spacial score (nSPS) is 18.1. The minimum Gasteiger partial charge on any atom is -0.370 e. The van der Waals surface area contributed by atoms with Crippen LogP contribution in [-0.2, 0) is 20.1 Å². The van der Waals surface area contributed by atoms with Gasteiger partial charge in [0.05, 0.1) is 12.2 Å². The van der Waals surface area contributed by atoms with Crippen molar-refractivity contribution in [1.82, 2.24) is 29.9 Å². The standard InChI is InChI=1S/C12H19N7/c1-9-3-11-14-5-10(7-19(11)17-9)4-13-6-12-16-15-8-18(12)2/h3,8,10,13-14H,4-7H2,1-2H3/t10-/m0/s1. The zero-order valence-corrected chi connectivity index (χ0v) is 11.3. The van der Waals surface area contributed by atoms with Gasteiger partial charge in [0.2, 0.25) is 0 Å². The van der Waals surface area contributed by atoms with Gasteiger partial charge in [0.15, 0.2) is 0 Å². The van der Waals surface area contributed by atoms with Crippen molar-refractivity contribution in [2.24, 2.45) is 13.0 Å². The molecule has 1 atom stereocenters. The van der Waals surface area contributed by atoms with E-state index in [-0.39, 0.29) is 0 Å². The van der Waals surface area contributed by atoms with E-state index in [0.29, 0.717) is 5.92 Å². The van der Waals surface area contributed by atoms with Crippen LogP contribution in [0.4, 0.5) is 5.82 Å². The zero-order chi connectivity index (χ0) is 13.2. The van der Waals surface area contributed by atoms with Crippen molar-refractivity contribution in [2.75, 3.05) is 18.4 Å². The molecule has 1 aliphatic rings. The van der Waals surface area contributed by atoms with Crippen LogP contribution in [0.1, 0.15) is 11.5 Å². The number of hydrogen-bond acceptors (Lipinski definition) is 5. The third kappa shape index (κ3) is 2.60. The Kier molecular flexibility index (Phi) is 3.20. The van der Waals surface area contributed by atoms with Crippen LogP contribution in [0.2, 0.25) is 0 Å². The van der Waals surface area contributed by atoms with Gasteiger partial charge in [0, 0.05) is 38.7 Å². The summed E-state index contributed by atoms with van der Waals surface area (Å²) in [5.41, 5.74) is 1.06. The summed E-state index contributed by atoms with van der Waals surface area (Å²) in [5, 5.41) is 19.2. The third-order valence-corrected chi connectivity index (χ3v) is 3.43. The van der Waals surface area contributed by atoms with E-state index in [1.807, 2.05) is 23.2 Å². The number of aromatic nitrogens is 5. The van der Waals surface area contributed by atoms with Gasteiger partial charge in [-0.15, -0.1) is 10.2 Å². The highest BCUT2D eigenvalue weighted by Crippen LogP contribution is 2.17. The molecular formula is C12H19N7. The molecule has 3 rings (SSSR count). The fourth-order valence-corrected chi connectivity index (χ4v) is 2.38. The van der Waals surface area contributed by atoms with Gasteiger partial charge in [0.25, 0.3) is 0 Å². The van der Waals surface area contributed by atoms with Crippen LogP contribution in [0.25, 0.3) is 0 Å². The molecule has 0 saturated heterocycles. The predicted octanol–water partition coefficient (Wildman–Crippen LogP) is 0.152. The molecule has 3 heterocycles. The fraction of sp³-hybridized carbons (Fsp3) is 0.583. The quantitative estimate of drug-likeness (QED) is 0.820. The number of nitrogens with zero attached hydrogens (tertiary/aromatic N) is 5. The van der Waals surface area contributed by atoms with E-state index in [1.165, 1.54) is 0 Å². The van der Waals surface area contributed by atoms with E-state index in [4.69, 9.17) is 0 Å². The minimum absolute atomic E-state index is 0.542. The summed E-state index contributed by atoms with van der Waals surface area (Å²) in [6.45, 7) is 5.66. The lowest BCUT2D eigenvalue weighted by Gasteiger charge is -2.25. The summed E-state index contributed by atoms with van der Waals surface area (Å²) in [4.78, 5) is 0. The fourth-order valence-electron chi connectivity index (χ4n) is 2.38. The molecule has 0 saturated carbocycles. The monoisotopic (exact) mass is 261 g/mol. The molecule has 7 heteroatoms. The maximum absolute atomic E-state index is 4.47. The lowest BCUT2D eigenvalue weighted by Crippen LogP contribution is -2.35. The average Bonchev–Trinajstić information content (AvgIpc) is 2.94. The largest absolute Gasteiger partial charge is 0.370 e. The zero-order valence-electron chi connectivity index (χ0n) is 11.3. The van der Waals surface area contributed by atoms with Crippen molar-refractivity contribution >= 4 is 5.82 Å². The summed E-state index contributed by atoms with van der Waals surface area (Å²) < 4.78 is 3.98. The molecular weight excluding hydrogens is 242 g/mol. The molecule has 0 bridgehead atoms. The van der Waals surface area contributed by atoms with Crippen LogP contribution >= 0.6 is 0 Å². The summed E-state index contributed by atoms with van der Waals surface area (Å²) in [6, 6.07) is 2.09. The van der Waals surface area contributed by atoms with E-state index in [9.17, 15) is 0 Å². The Balaban J connectivity index is 1.51. The first-order chi connectivity index (χ1) is 9.22. The van der Waals surface area contributed by atoms with Crippen molar-refractivity contribution < 1.29 is 0 Å². The van der Waals surface area contributed by atoms with Crippen molar-refractivity contribution in [1.29, 1.82) is 0 Å². The van der Waals surface area contributed by atoms with Gasteiger partial charge in [-0.1, -0.05) is 0 Å². The Labute approximate surface area is 112 Å². The molecule has 0 aliphatic carbocycles. The van der Waals surface area contributed by atoms with Crippen LogP contribution < -0.4 is 10.6 Å². The van der Waals surface area contributed by atoms with Gasteiger partial charge in [-0.25, -0.2) is 4.68 Å². The molecule has 2 aromatic heterocycles. The second-order valence-electron chi connectivity index (χ2n) is 5.09. The first-order valence-corrected chi connectivity index (χ1v) is 6.54. The molecule has 7 nitrogen and oxygen atoms in total. The van der Waals surface area contributed by atoms with Gasteiger partial charge in [0.1, 0.15) is 18.0 Å². The van der Waals surface area contributed by atoms with E-state index in [2.05, 4.69) is 32.0 Å². The Morgan fingerprint density at radius 2 is 2.42 bits per heavy atom. The van der Waals surface area contributed by atoms with E-state index in [1.54, 1.807) is 6.33 Å². The van der Waals surface area contributed by atoms with Crippen LogP contribution in [0.5, 0.6) is 0 Å². The molecule has 2 N–H and O–H groups in total. The highest BCUT2D eigenvalue weighted by molar-refractivity contribution is 5.38. The lowest BCUT2D eigenvalue weighted by molar-refractivity contribution is 0.388. The maximum atomic E-state index is 4.47. The van der Waals surface area contributed by atoms with Crippen molar-refractivity contribution in [3.8, 4) is 0 Å². The predicted molar refractivity (Wildman–Crippen MR) is 71.7 cm³/mol. The Bertz CT molecular complexity index is 556. The number of rotatable bonds is 4. The molecule has 0 radical (unpaired) electrons. The maximum Gasteiger partial charge on any atom is 0.146 e. The Hall–Kier alpha value is -1.89. The SMILES string of the molecule is Cc1cc2n(n1)C[C@@H](CNCc1nncn1C)CN2. The summed E-state index contributed by atoms with van der Waals surface area (Å²) in [6.07, 6.45) is 1.72. The molecule has 19 heavy (non-hydrogen) atoms. The molecule has 0 spiro atoms. The first kappa shape index (κ1) is 12.2. The Morgan fingerprint density at radius 1 is 1.53 bits per heavy atom. The smallest absolute Gasteiger partial charge is 0.146 e. The second kappa shape index (κ2) is 5.00. The minimum atomic E-state index is 0.542. The van der Waals surface area contributed by atoms with E-state index in [0.717, 1.165) is 43.5 Å². The summed E-state index contributed by atoms with van der Waals surface area (Å²) >= 11 is 0. The van der Waals surface area contributed by atoms with Gasteiger partial charge in [-0.2, -0.15) is 5.10 Å². The second-order valence-corrected chi connectivity index (χ2v) is 5.09. The molecule has 2 aromatic rings. The number of aryl methyl sites for hydroxylation is 2. The third-order valence-electron chi connectivity index (χ3n) is 3.43. The van der Waals surface area contributed by atoms with Gasteiger partial charge >= 0.3 is 0 Å². The number of nitrogens with one attached hydrogen (secondary N) is 2. The average molecular weight is 261 g/mol. The Morgan fingerprint density at radius 3 is 3.21 bits per heavy atom. The van der Waals surface area contributed by atoms with Crippen LogP contribution in [0, 0.1) is 12.8 Å². The van der Waals surface area contributed by atoms with Crippen LogP contribution in [0.3, 0.4) is 0 Å². The number of fused-ring (bicyclic) bond motifs is 1. The molecule has 0 unspecified atom stereocenters. The van der Waals surface area contributed by atoms with Gasteiger partial charge in [-0.3, -0.25) is 0 Å². The highest BCUT2D eigenvalue weighted by Gasteiger charge is 2.18. The molecule has 0 aromatic carbocycles. The summed E-state index contributed by atoms with van der Waals surface area (Å²) in [5.74, 6) is 2.63. The van der Waals surface area contributed by atoms with Gasteiger partial charge in [-0.05, 0) is 6.92 Å². The topological polar surface area (TPSA) is 72.6 Å². The molecule has 0 fully saturated rings. The van der Waals surface area contributed by atoms with Crippen molar-refractivity contribution in [3.63, 3.8) is 0 Å².